The predicted octanol–water partition coefficient (Wildman–Crippen LogP) is 4.63. The maximum atomic E-state index is 13.3. The molecule has 3 aliphatic rings. The Balaban J connectivity index is 1.47. The number of fused-ring (bicyclic) bond motifs is 2. The number of ketones is 1. The normalized spacial score (nSPS) is 24.4. The minimum absolute atomic E-state index is 0.0880. The first-order chi connectivity index (χ1) is 17.0. The first-order valence-electron chi connectivity index (χ1n) is 12.4. The van der Waals surface area contributed by atoms with Crippen LogP contribution in [0, 0.1) is 28.6 Å². The molecule has 2 saturated carbocycles. The van der Waals surface area contributed by atoms with E-state index >= 15 is 0 Å². The van der Waals surface area contributed by atoms with Crippen molar-refractivity contribution in [3.05, 3.63) is 47.0 Å². The summed E-state index contributed by atoms with van der Waals surface area (Å²) in [6.45, 7) is 5.93. The van der Waals surface area contributed by atoms with E-state index in [-0.39, 0.29) is 22.8 Å². The molecule has 36 heavy (non-hydrogen) atoms. The van der Waals surface area contributed by atoms with Gasteiger partial charge >= 0.3 is 0 Å². The maximum Gasteiger partial charge on any atom is 0.289 e. The first-order valence-corrected chi connectivity index (χ1v) is 14.0. The second-order valence-electron chi connectivity index (χ2n) is 10.6. The molecule has 2 aliphatic carbocycles. The Morgan fingerprint density at radius 1 is 1.08 bits per heavy atom. The van der Waals surface area contributed by atoms with Gasteiger partial charge in [0, 0.05) is 23.8 Å². The second kappa shape index (κ2) is 8.53. The van der Waals surface area contributed by atoms with Crippen LogP contribution in [0.15, 0.2) is 30.3 Å². The van der Waals surface area contributed by atoms with E-state index in [0.29, 0.717) is 34.2 Å². The zero-order valence-electron chi connectivity index (χ0n) is 20.7. The number of hydrogen-bond donors (Lipinski definition) is 0. The zero-order chi connectivity index (χ0) is 25.9. The van der Waals surface area contributed by atoms with Crippen molar-refractivity contribution in [3.63, 3.8) is 0 Å². The van der Waals surface area contributed by atoms with Crippen molar-refractivity contribution in [2.24, 2.45) is 16.7 Å². The molecule has 0 spiro atoms. The number of nitrogens with zero attached hydrogens (tertiary/aromatic N) is 1. The number of hydrogen-bond acceptors (Lipinski definition) is 6. The highest BCUT2D eigenvalue weighted by Crippen LogP contribution is 2.64. The van der Waals surface area contributed by atoms with Gasteiger partial charge in [0.2, 0.25) is 0 Å². The van der Waals surface area contributed by atoms with Gasteiger partial charge in [0.25, 0.3) is 21.9 Å². The zero-order valence-corrected chi connectivity index (χ0v) is 21.5. The van der Waals surface area contributed by atoms with Crippen molar-refractivity contribution in [2.75, 3.05) is 5.75 Å². The lowest BCUT2D eigenvalue weighted by atomic mass is 9.70. The Morgan fingerprint density at radius 2 is 1.81 bits per heavy atom. The molecular weight excluding hydrogens is 478 g/mol. The molecule has 5 rings (SSSR count). The van der Waals surface area contributed by atoms with E-state index < -0.39 is 38.5 Å². The molecule has 188 valence electrons. The van der Waals surface area contributed by atoms with Crippen LogP contribution in [0.25, 0.3) is 10.8 Å². The molecule has 1 heterocycles. The molecule has 1 aliphatic heterocycles. The average Bonchev–Trinajstić information content (AvgIpc) is 3.17. The third-order valence-electron chi connectivity index (χ3n) is 8.50. The molecule has 2 unspecified atom stereocenters. The van der Waals surface area contributed by atoms with Crippen LogP contribution >= 0.6 is 0 Å². The molecular formula is C28H29NO6S. The minimum atomic E-state index is -4.43. The third kappa shape index (κ3) is 3.60. The number of benzene rings is 2. The number of unbranched alkanes of at least 4 members (excludes halogenated alkanes) is 2. The highest BCUT2D eigenvalue weighted by molar-refractivity contribution is 7.86. The molecule has 2 atom stereocenters. The van der Waals surface area contributed by atoms with Crippen LogP contribution in [0.4, 0.5) is 0 Å². The van der Waals surface area contributed by atoms with Crippen molar-refractivity contribution in [3.8, 4) is 11.8 Å². The molecule has 2 bridgehead atoms. The van der Waals surface area contributed by atoms with Crippen molar-refractivity contribution < 1.29 is 27.1 Å². The monoisotopic (exact) mass is 507 g/mol. The van der Waals surface area contributed by atoms with E-state index in [0.717, 1.165) is 25.7 Å². The Labute approximate surface area is 211 Å². The standard InChI is InChI=1S/C28H29NO6S/c1-4-5-6-7-9-18-12-13-22-24-20(18)10-8-11-21(24)25(31)29(26(22)32)35-36(33,34)17-28-15-14-19(16-23(28)30)27(28,2)3/h8,10-13,19H,4-6,14-17H2,1-3H3. The maximum absolute atomic E-state index is 13.3. The lowest BCUT2D eigenvalue weighted by molar-refractivity contribution is -0.128. The molecule has 7 nitrogen and oxygen atoms in total. The van der Waals surface area contributed by atoms with Gasteiger partial charge in [-0.15, -0.1) is 9.35 Å². The van der Waals surface area contributed by atoms with Gasteiger partial charge in [0.05, 0.1) is 22.3 Å². The van der Waals surface area contributed by atoms with Crippen LogP contribution in [0.2, 0.25) is 0 Å². The first kappa shape index (κ1) is 24.7. The van der Waals surface area contributed by atoms with Crippen molar-refractivity contribution in [2.45, 2.75) is 59.3 Å². The van der Waals surface area contributed by atoms with Crippen molar-refractivity contribution >= 4 is 38.5 Å². The highest BCUT2D eigenvalue weighted by Gasteiger charge is 2.65. The summed E-state index contributed by atoms with van der Waals surface area (Å²) in [6.07, 6.45) is 4.35. The summed E-state index contributed by atoms with van der Waals surface area (Å²) in [7, 11) is -4.43. The molecule has 8 heteroatoms. The van der Waals surface area contributed by atoms with Crippen molar-refractivity contribution in [1.82, 2.24) is 5.06 Å². The summed E-state index contributed by atoms with van der Waals surface area (Å²) in [6, 6.07) is 8.27. The summed E-state index contributed by atoms with van der Waals surface area (Å²) >= 11 is 0. The number of amides is 2. The molecule has 2 aromatic carbocycles. The van der Waals surface area contributed by atoms with E-state index in [1.807, 2.05) is 13.8 Å². The third-order valence-corrected chi connectivity index (χ3v) is 9.72. The van der Waals surface area contributed by atoms with Crippen LogP contribution in [0.1, 0.15) is 85.6 Å². The van der Waals surface area contributed by atoms with Crippen LogP contribution in [-0.4, -0.2) is 36.8 Å². The average molecular weight is 508 g/mol. The van der Waals surface area contributed by atoms with Crippen LogP contribution in [0.5, 0.6) is 0 Å². The Morgan fingerprint density at radius 3 is 2.44 bits per heavy atom. The van der Waals surface area contributed by atoms with E-state index in [1.54, 1.807) is 30.3 Å². The molecule has 0 N–H and O–H groups in total. The summed E-state index contributed by atoms with van der Waals surface area (Å²) in [5, 5.41) is 1.43. The summed E-state index contributed by atoms with van der Waals surface area (Å²) in [4.78, 5) is 39.4. The smallest absolute Gasteiger partial charge is 0.289 e. The number of imide groups is 1. The molecule has 2 amide bonds. The number of carbonyl (C=O) groups is 3. The SMILES string of the molecule is CCCCC#Cc1ccc2c3c(cccc13)C(=O)N(OS(=O)(=O)CC13CCC(CC1=O)C3(C)C)C2=O. The molecule has 2 aromatic rings. The minimum Gasteiger partial charge on any atom is -0.299 e. The fraction of sp³-hybridized carbons (Fsp3) is 0.464. The highest BCUT2D eigenvalue weighted by atomic mass is 32.2. The van der Waals surface area contributed by atoms with Gasteiger partial charge in [-0.25, -0.2) is 0 Å². The number of hydroxylamine groups is 2. The lowest BCUT2D eigenvalue weighted by Crippen LogP contribution is -2.46. The second-order valence-corrected chi connectivity index (χ2v) is 12.2. The fourth-order valence-electron chi connectivity index (χ4n) is 6.22. The Kier molecular flexibility index (Phi) is 5.85. The van der Waals surface area contributed by atoms with E-state index in [1.165, 1.54) is 0 Å². The summed E-state index contributed by atoms with van der Waals surface area (Å²) in [5.74, 6) is 4.04. The predicted molar refractivity (Wildman–Crippen MR) is 134 cm³/mol. The van der Waals surface area contributed by atoms with E-state index in [9.17, 15) is 22.8 Å². The van der Waals surface area contributed by atoms with Gasteiger partial charge in [0.1, 0.15) is 5.78 Å². The van der Waals surface area contributed by atoms with Gasteiger partial charge in [-0.2, -0.15) is 8.42 Å². The Bertz CT molecular complexity index is 1460. The Hall–Kier alpha value is -3.02. The fourth-order valence-corrected chi connectivity index (χ4v) is 7.92. The quantitative estimate of drug-likeness (QED) is 0.321. The topological polar surface area (TPSA) is 97.8 Å². The van der Waals surface area contributed by atoms with Crippen LogP contribution < -0.4 is 0 Å². The molecule has 0 aromatic heterocycles. The van der Waals surface area contributed by atoms with E-state index in [4.69, 9.17) is 4.28 Å². The van der Waals surface area contributed by atoms with Gasteiger partial charge in [-0.05, 0) is 54.2 Å². The van der Waals surface area contributed by atoms with E-state index in [2.05, 4.69) is 18.8 Å². The number of carbonyl (C=O) groups excluding carboxylic acids is 3. The van der Waals surface area contributed by atoms with Gasteiger partial charge in [0.15, 0.2) is 0 Å². The van der Waals surface area contributed by atoms with Gasteiger partial charge in [-0.1, -0.05) is 51.2 Å². The number of Topliss-reactive ketones (excluding diaryl/α,β-unsaturated/α-hetero) is 1. The van der Waals surface area contributed by atoms with Crippen LogP contribution in [0.3, 0.4) is 0 Å². The van der Waals surface area contributed by atoms with Crippen molar-refractivity contribution in [1.29, 1.82) is 0 Å². The molecule has 0 radical (unpaired) electrons. The largest absolute Gasteiger partial charge is 0.299 e. The molecule has 2 fully saturated rings. The van der Waals surface area contributed by atoms with Gasteiger partial charge < -0.3 is 0 Å². The summed E-state index contributed by atoms with van der Waals surface area (Å²) < 4.78 is 31.6. The lowest BCUT2D eigenvalue weighted by Gasteiger charge is -2.36. The molecule has 0 saturated heterocycles. The van der Waals surface area contributed by atoms with Gasteiger partial charge in [-0.3, -0.25) is 14.4 Å². The summed E-state index contributed by atoms with van der Waals surface area (Å²) in [5.41, 5.74) is -0.520. The van der Waals surface area contributed by atoms with Crippen LogP contribution in [-0.2, 0) is 19.2 Å². The number of rotatable bonds is 6.